The van der Waals surface area contributed by atoms with Crippen LogP contribution in [0.5, 0.6) is 5.75 Å². The van der Waals surface area contributed by atoms with Crippen LogP contribution in [0.15, 0.2) is 70.8 Å². The molecule has 44 heavy (non-hydrogen) atoms. The van der Waals surface area contributed by atoms with Crippen molar-refractivity contribution >= 4 is 59.5 Å². The lowest BCUT2D eigenvalue weighted by atomic mass is 10.1. The van der Waals surface area contributed by atoms with Crippen LogP contribution in [-0.4, -0.2) is 41.5 Å². The minimum atomic E-state index is -3.15. The van der Waals surface area contributed by atoms with Crippen molar-refractivity contribution in [2.75, 3.05) is 23.4 Å². The molecule has 3 aromatic carbocycles. The average molecular weight is 704 g/mol. The summed E-state index contributed by atoms with van der Waals surface area (Å²) in [6, 6.07) is 14.6. The van der Waals surface area contributed by atoms with Crippen molar-refractivity contribution in [2.45, 2.75) is 33.0 Å². The topological polar surface area (TPSA) is 103 Å². The van der Waals surface area contributed by atoms with Crippen molar-refractivity contribution in [3.05, 3.63) is 93.0 Å². The fourth-order valence-corrected chi connectivity index (χ4v) is 6.46. The minimum absolute atomic E-state index is 0.0609. The van der Waals surface area contributed by atoms with Crippen molar-refractivity contribution in [1.82, 2.24) is 15.0 Å². The summed E-state index contributed by atoms with van der Waals surface area (Å²) < 4.78 is 64.8. The van der Waals surface area contributed by atoms with Gasteiger partial charge in [0.15, 0.2) is 9.84 Å². The Balaban J connectivity index is 1.34. The van der Waals surface area contributed by atoms with E-state index in [-0.39, 0.29) is 36.1 Å². The molecular weight excluding hydrogens is 674 g/mol. The molecule has 0 radical (unpaired) electrons. The van der Waals surface area contributed by atoms with E-state index in [9.17, 15) is 12.8 Å². The summed E-state index contributed by atoms with van der Waals surface area (Å²) in [5, 5.41) is 6.26. The SMILES string of the molecule is CCC(OCCS(=O)(=O)CC)c1nc(-c2cc3c(Nc4ccc(OCc5cccc(F)c5)c(Br)c4)ncnc3cc2F)cs1. The average Bonchev–Trinajstić information content (AvgIpc) is 3.48. The summed E-state index contributed by atoms with van der Waals surface area (Å²) >= 11 is 4.86. The van der Waals surface area contributed by atoms with Crippen molar-refractivity contribution in [1.29, 1.82) is 0 Å². The third-order valence-electron chi connectivity index (χ3n) is 6.80. The van der Waals surface area contributed by atoms with Crippen LogP contribution in [0.1, 0.15) is 36.9 Å². The fraction of sp³-hybridized carbons (Fsp3) is 0.258. The first-order valence-corrected chi connectivity index (χ1v) is 17.3. The maximum atomic E-state index is 15.3. The van der Waals surface area contributed by atoms with E-state index in [1.165, 1.54) is 35.9 Å². The van der Waals surface area contributed by atoms with Crippen LogP contribution in [0.2, 0.25) is 0 Å². The molecule has 0 aliphatic rings. The van der Waals surface area contributed by atoms with E-state index in [1.54, 1.807) is 36.6 Å². The predicted molar refractivity (Wildman–Crippen MR) is 172 cm³/mol. The Bertz CT molecular complexity index is 1890. The summed E-state index contributed by atoms with van der Waals surface area (Å²) in [6.07, 6.45) is 1.55. The van der Waals surface area contributed by atoms with Crippen LogP contribution in [-0.2, 0) is 21.2 Å². The standard InChI is InChI=1S/C31H29BrF2N4O4S2/c1-3-28(41-10-11-44(39,40)4-2)31-38-27(17-43-31)22-14-23-26(15-25(22)34)35-18-36-30(23)37-21-8-9-29(24(32)13-21)42-16-19-6-5-7-20(33)12-19/h5-9,12-15,17-18,28H,3-4,10-11,16H2,1-2H3,(H,35,36,37). The number of hydrogen-bond acceptors (Lipinski definition) is 9. The van der Waals surface area contributed by atoms with Crippen molar-refractivity contribution < 1.29 is 26.7 Å². The molecular formula is C31H29BrF2N4O4S2. The van der Waals surface area contributed by atoms with Gasteiger partial charge in [0.1, 0.15) is 47.2 Å². The Morgan fingerprint density at radius 2 is 1.91 bits per heavy atom. The molecule has 0 bridgehead atoms. The van der Waals surface area contributed by atoms with E-state index in [2.05, 4.69) is 36.2 Å². The van der Waals surface area contributed by atoms with Crippen LogP contribution in [0.3, 0.4) is 0 Å². The molecule has 230 valence electrons. The molecule has 0 saturated heterocycles. The highest BCUT2D eigenvalue weighted by atomic mass is 79.9. The van der Waals surface area contributed by atoms with Crippen molar-refractivity contribution in [2.24, 2.45) is 0 Å². The molecule has 2 heterocycles. The molecule has 2 aromatic heterocycles. The monoisotopic (exact) mass is 702 g/mol. The van der Waals surface area contributed by atoms with Gasteiger partial charge in [-0.05, 0) is 64.3 Å². The summed E-state index contributed by atoms with van der Waals surface area (Å²) in [5.74, 6) is 0.248. The molecule has 13 heteroatoms. The predicted octanol–water partition coefficient (Wildman–Crippen LogP) is 8.02. The number of hydrogen-bond donors (Lipinski definition) is 1. The van der Waals surface area contributed by atoms with E-state index >= 15 is 4.39 Å². The first-order chi connectivity index (χ1) is 21.2. The first kappa shape index (κ1) is 31.9. The zero-order valence-corrected chi connectivity index (χ0v) is 27.1. The fourth-order valence-electron chi connectivity index (χ4n) is 4.38. The Labute approximate surface area is 266 Å². The number of rotatable bonds is 13. The number of sulfone groups is 1. The summed E-state index contributed by atoms with van der Waals surface area (Å²) in [6.45, 7) is 3.80. The summed E-state index contributed by atoms with van der Waals surface area (Å²) in [7, 11) is -3.15. The van der Waals surface area contributed by atoms with Crippen LogP contribution < -0.4 is 10.1 Å². The summed E-state index contributed by atoms with van der Waals surface area (Å²) in [5.41, 5.74) is 2.54. The lowest BCUT2D eigenvalue weighted by Gasteiger charge is -2.13. The molecule has 1 unspecified atom stereocenters. The number of anilines is 2. The van der Waals surface area contributed by atoms with Gasteiger partial charge >= 0.3 is 0 Å². The first-order valence-electron chi connectivity index (χ1n) is 13.8. The van der Waals surface area contributed by atoms with E-state index in [0.717, 1.165) is 0 Å². The van der Waals surface area contributed by atoms with E-state index in [4.69, 9.17) is 9.47 Å². The highest BCUT2D eigenvalue weighted by Gasteiger charge is 2.19. The van der Waals surface area contributed by atoms with E-state index in [0.29, 0.717) is 55.3 Å². The number of aromatic nitrogens is 3. The molecule has 0 fully saturated rings. The number of ether oxygens (including phenoxy) is 2. The molecule has 1 atom stereocenters. The van der Waals surface area contributed by atoms with Crippen LogP contribution in [0.4, 0.5) is 20.3 Å². The smallest absolute Gasteiger partial charge is 0.152 e. The van der Waals surface area contributed by atoms with Gasteiger partial charge in [0, 0.05) is 33.8 Å². The third kappa shape index (κ3) is 7.76. The highest BCUT2D eigenvalue weighted by Crippen LogP contribution is 2.35. The maximum Gasteiger partial charge on any atom is 0.152 e. The molecule has 5 aromatic rings. The minimum Gasteiger partial charge on any atom is -0.488 e. The third-order valence-corrected chi connectivity index (χ3v) is 10.0. The van der Waals surface area contributed by atoms with Crippen LogP contribution >= 0.6 is 27.3 Å². The molecule has 0 saturated carbocycles. The Hall–Kier alpha value is -3.52. The second-order valence-corrected chi connectivity index (χ2v) is 14.1. The van der Waals surface area contributed by atoms with Crippen LogP contribution in [0.25, 0.3) is 22.2 Å². The number of nitrogens with one attached hydrogen (secondary N) is 1. The number of nitrogens with zero attached hydrogens (tertiary/aromatic N) is 3. The van der Waals surface area contributed by atoms with Gasteiger partial charge in [0.2, 0.25) is 0 Å². The van der Waals surface area contributed by atoms with Gasteiger partial charge < -0.3 is 14.8 Å². The van der Waals surface area contributed by atoms with Crippen LogP contribution in [0, 0.1) is 11.6 Å². The van der Waals surface area contributed by atoms with Gasteiger partial charge in [-0.2, -0.15) is 0 Å². The molecule has 1 N–H and O–H groups in total. The van der Waals surface area contributed by atoms with Gasteiger partial charge in [-0.1, -0.05) is 26.0 Å². The lowest BCUT2D eigenvalue weighted by molar-refractivity contribution is 0.0609. The normalized spacial score (nSPS) is 12.4. The van der Waals surface area contributed by atoms with Gasteiger partial charge in [-0.15, -0.1) is 11.3 Å². The number of benzene rings is 3. The van der Waals surface area contributed by atoms with Gasteiger partial charge in [-0.25, -0.2) is 32.2 Å². The molecule has 0 spiro atoms. The Morgan fingerprint density at radius 1 is 1.07 bits per heavy atom. The van der Waals surface area contributed by atoms with E-state index in [1.807, 2.05) is 19.1 Å². The Kier molecular flexibility index (Phi) is 10.2. The largest absolute Gasteiger partial charge is 0.488 e. The molecule has 0 aliphatic carbocycles. The second-order valence-electron chi connectivity index (χ2n) is 9.84. The lowest BCUT2D eigenvalue weighted by Crippen LogP contribution is -2.16. The molecule has 5 rings (SSSR count). The number of fused-ring (bicyclic) bond motifs is 1. The number of halogens is 3. The zero-order chi connectivity index (χ0) is 31.3. The highest BCUT2D eigenvalue weighted by molar-refractivity contribution is 9.10. The molecule has 0 amide bonds. The van der Waals surface area contributed by atoms with E-state index < -0.39 is 21.8 Å². The second kappa shape index (κ2) is 14.1. The van der Waals surface area contributed by atoms with Gasteiger partial charge in [0.05, 0.1) is 28.0 Å². The quantitative estimate of drug-likeness (QED) is 0.132. The van der Waals surface area contributed by atoms with Gasteiger partial charge in [0.25, 0.3) is 0 Å². The summed E-state index contributed by atoms with van der Waals surface area (Å²) in [4.78, 5) is 13.3. The van der Waals surface area contributed by atoms with Gasteiger partial charge in [-0.3, -0.25) is 0 Å². The maximum absolute atomic E-state index is 15.3. The molecule has 8 nitrogen and oxygen atoms in total. The zero-order valence-electron chi connectivity index (χ0n) is 23.9. The van der Waals surface area contributed by atoms with Crippen molar-refractivity contribution in [3.8, 4) is 17.0 Å². The van der Waals surface area contributed by atoms with Crippen molar-refractivity contribution in [3.63, 3.8) is 0 Å². The number of thiazole rings is 1. The molecule has 0 aliphatic heterocycles. The Morgan fingerprint density at radius 3 is 2.66 bits per heavy atom.